The lowest BCUT2D eigenvalue weighted by Crippen LogP contribution is -2.23. The SMILES string of the molecule is Cc1ncc(N)cc1C(=O)NCc1cncs1. The number of nitrogens with two attached hydrogens (primary N) is 1. The van der Waals surface area contributed by atoms with Gasteiger partial charge in [-0.05, 0) is 13.0 Å². The number of carbonyl (C=O) groups is 1. The number of pyridine rings is 1. The van der Waals surface area contributed by atoms with Crippen molar-refractivity contribution < 1.29 is 4.79 Å². The van der Waals surface area contributed by atoms with Crippen LogP contribution in [-0.2, 0) is 6.54 Å². The number of amides is 1. The fourth-order valence-corrected chi connectivity index (χ4v) is 1.91. The summed E-state index contributed by atoms with van der Waals surface area (Å²) in [5.41, 5.74) is 9.00. The Morgan fingerprint density at radius 1 is 1.53 bits per heavy atom. The standard InChI is InChI=1S/C11H12N4OS/c1-7-10(2-8(12)3-14-7)11(16)15-5-9-4-13-6-17-9/h2-4,6H,5,12H2,1H3,(H,15,16). The van der Waals surface area contributed by atoms with Gasteiger partial charge in [0.25, 0.3) is 5.91 Å². The first-order chi connectivity index (χ1) is 8.16. The van der Waals surface area contributed by atoms with Gasteiger partial charge in [0, 0.05) is 11.1 Å². The molecule has 0 saturated heterocycles. The van der Waals surface area contributed by atoms with Gasteiger partial charge >= 0.3 is 0 Å². The normalized spacial score (nSPS) is 10.2. The molecule has 0 saturated carbocycles. The summed E-state index contributed by atoms with van der Waals surface area (Å²) in [5, 5.41) is 2.81. The second-order valence-corrected chi connectivity index (χ2v) is 4.52. The van der Waals surface area contributed by atoms with Gasteiger partial charge in [0.1, 0.15) is 0 Å². The molecule has 2 aromatic rings. The predicted octanol–water partition coefficient (Wildman–Crippen LogP) is 1.36. The van der Waals surface area contributed by atoms with Gasteiger partial charge < -0.3 is 11.1 Å². The third-order valence-corrected chi connectivity index (χ3v) is 3.04. The van der Waals surface area contributed by atoms with Crippen LogP contribution < -0.4 is 11.1 Å². The number of aryl methyl sites for hydroxylation is 1. The quantitative estimate of drug-likeness (QED) is 0.859. The lowest BCUT2D eigenvalue weighted by molar-refractivity contribution is 0.0950. The lowest BCUT2D eigenvalue weighted by Gasteiger charge is -2.06. The Hall–Kier alpha value is -1.95. The molecular formula is C11H12N4OS. The number of carbonyl (C=O) groups excluding carboxylic acids is 1. The predicted molar refractivity (Wildman–Crippen MR) is 66.7 cm³/mol. The van der Waals surface area contributed by atoms with E-state index in [0.29, 0.717) is 23.5 Å². The molecule has 1 amide bonds. The molecule has 6 heteroatoms. The van der Waals surface area contributed by atoms with Crippen LogP contribution in [0.2, 0.25) is 0 Å². The number of rotatable bonds is 3. The Balaban J connectivity index is 2.07. The first kappa shape index (κ1) is 11.5. The molecule has 88 valence electrons. The summed E-state index contributed by atoms with van der Waals surface area (Å²) in [7, 11) is 0. The maximum Gasteiger partial charge on any atom is 0.253 e. The minimum Gasteiger partial charge on any atom is -0.397 e. The highest BCUT2D eigenvalue weighted by Crippen LogP contribution is 2.10. The summed E-state index contributed by atoms with van der Waals surface area (Å²) < 4.78 is 0. The second-order valence-electron chi connectivity index (χ2n) is 3.55. The van der Waals surface area contributed by atoms with Crippen molar-refractivity contribution in [3.05, 3.63) is 40.1 Å². The monoisotopic (exact) mass is 248 g/mol. The van der Waals surface area contributed by atoms with Gasteiger partial charge in [-0.2, -0.15) is 0 Å². The third-order valence-electron chi connectivity index (χ3n) is 2.26. The fourth-order valence-electron chi connectivity index (χ4n) is 1.37. The summed E-state index contributed by atoms with van der Waals surface area (Å²) in [4.78, 5) is 20.9. The van der Waals surface area contributed by atoms with Crippen LogP contribution in [0.1, 0.15) is 20.9 Å². The van der Waals surface area contributed by atoms with Crippen molar-refractivity contribution in [1.82, 2.24) is 15.3 Å². The fraction of sp³-hybridized carbons (Fsp3) is 0.182. The molecule has 0 unspecified atom stereocenters. The highest BCUT2D eigenvalue weighted by Gasteiger charge is 2.10. The zero-order valence-electron chi connectivity index (χ0n) is 9.30. The van der Waals surface area contributed by atoms with Crippen LogP contribution in [0.3, 0.4) is 0 Å². The van der Waals surface area contributed by atoms with Crippen LogP contribution in [0.4, 0.5) is 5.69 Å². The van der Waals surface area contributed by atoms with E-state index in [1.807, 2.05) is 0 Å². The molecule has 0 aliphatic rings. The van der Waals surface area contributed by atoms with Crippen LogP contribution in [0.25, 0.3) is 0 Å². The van der Waals surface area contributed by atoms with Crippen LogP contribution in [0.5, 0.6) is 0 Å². The number of nitrogen functional groups attached to an aromatic ring is 1. The number of hydrogen-bond acceptors (Lipinski definition) is 5. The molecule has 2 heterocycles. The molecular weight excluding hydrogens is 236 g/mol. The van der Waals surface area contributed by atoms with Gasteiger partial charge in [0.15, 0.2) is 0 Å². The van der Waals surface area contributed by atoms with Crippen molar-refractivity contribution in [2.75, 3.05) is 5.73 Å². The number of nitrogens with zero attached hydrogens (tertiary/aromatic N) is 2. The van der Waals surface area contributed by atoms with Crippen LogP contribution >= 0.6 is 11.3 Å². The molecule has 0 aliphatic carbocycles. The van der Waals surface area contributed by atoms with E-state index < -0.39 is 0 Å². The van der Waals surface area contributed by atoms with Crippen molar-refractivity contribution in [2.24, 2.45) is 0 Å². The molecule has 5 nitrogen and oxygen atoms in total. The van der Waals surface area contributed by atoms with Crippen LogP contribution in [-0.4, -0.2) is 15.9 Å². The number of hydrogen-bond donors (Lipinski definition) is 2. The average Bonchev–Trinajstić information content (AvgIpc) is 2.82. The Bertz CT molecular complexity index is 524. The second kappa shape index (κ2) is 4.92. The minimum atomic E-state index is -0.171. The first-order valence-corrected chi connectivity index (χ1v) is 5.92. The summed E-state index contributed by atoms with van der Waals surface area (Å²) in [6.07, 6.45) is 3.27. The molecule has 0 radical (unpaired) electrons. The number of thiazole rings is 1. The van der Waals surface area contributed by atoms with E-state index in [0.717, 1.165) is 4.88 Å². The Kier molecular flexibility index (Phi) is 3.34. The molecule has 17 heavy (non-hydrogen) atoms. The summed E-state index contributed by atoms with van der Waals surface area (Å²) in [6, 6.07) is 1.63. The van der Waals surface area contributed by atoms with E-state index in [4.69, 9.17) is 5.73 Å². The van der Waals surface area contributed by atoms with E-state index in [-0.39, 0.29) is 5.91 Å². The summed E-state index contributed by atoms with van der Waals surface area (Å²) in [6.45, 7) is 2.25. The maximum absolute atomic E-state index is 11.9. The van der Waals surface area contributed by atoms with Gasteiger partial charge in [0.05, 0.1) is 35.2 Å². The van der Waals surface area contributed by atoms with Gasteiger partial charge in [-0.25, -0.2) is 0 Å². The molecule has 0 aromatic carbocycles. The molecule has 0 aliphatic heterocycles. The third kappa shape index (κ3) is 2.79. The van der Waals surface area contributed by atoms with Crippen molar-refractivity contribution >= 4 is 22.9 Å². The number of anilines is 1. The van der Waals surface area contributed by atoms with Gasteiger partial charge in [0.2, 0.25) is 0 Å². The zero-order valence-corrected chi connectivity index (χ0v) is 10.1. The molecule has 0 spiro atoms. The molecule has 2 rings (SSSR count). The molecule has 0 fully saturated rings. The zero-order chi connectivity index (χ0) is 12.3. The topological polar surface area (TPSA) is 80.9 Å². The number of aromatic nitrogens is 2. The average molecular weight is 248 g/mol. The van der Waals surface area contributed by atoms with Crippen molar-refractivity contribution in [1.29, 1.82) is 0 Å². The Labute approximate surface area is 103 Å². The molecule has 0 bridgehead atoms. The summed E-state index contributed by atoms with van der Waals surface area (Å²) >= 11 is 1.50. The van der Waals surface area contributed by atoms with Crippen molar-refractivity contribution in [3.63, 3.8) is 0 Å². The van der Waals surface area contributed by atoms with E-state index in [2.05, 4.69) is 15.3 Å². The summed E-state index contributed by atoms with van der Waals surface area (Å²) in [5.74, 6) is -0.171. The highest BCUT2D eigenvalue weighted by molar-refractivity contribution is 7.09. The number of nitrogens with one attached hydrogen (secondary N) is 1. The smallest absolute Gasteiger partial charge is 0.253 e. The van der Waals surface area contributed by atoms with E-state index >= 15 is 0 Å². The van der Waals surface area contributed by atoms with E-state index in [1.54, 1.807) is 24.7 Å². The molecule has 3 N–H and O–H groups in total. The highest BCUT2D eigenvalue weighted by atomic mass is 32.1. The molecule has 0 atom stereocenters. The van der Waals surface area contributed by atoms with Gasteiger partial charge in [-0.15, -0.1) is 11.3 Å². The van der Waals surface area contributed by atoms with E-state index in [9.17, 15) is 4.79 Å². The van der Waals surface area contributed by atoms with E-state index in [1.165, 1.54) is 17.5 Å². The van der Waals surface area contributed by atoms with Crippen LogP contribution in [0, 0.1) is 6.92 Å². The largest absolute Gasteiger partial charge is 0.397 e. The molecule has 2 aromatic heterocycles. The maximum atomic E-state index is 11.9. The van der Waals surface area contributed by atoms with Crippen molar-refractivity contribution in [2.45, 2.75) is 13.5 Å². The van der Waals surface area contributed by atoms with Gasteiger partial charge in [-0.1, -0.05) is 0 Å². The van der Waals surface area contributed by atoms with Gasteiger partial charge in [-0.3, -0.25) is 14.8 Å². The Morgan fingerprint density at radius 2 is 2.35 bits per heavy atom. The lowest BCUT2D eigenvalue weighted by atomic mass is 10.2. The first-order valence-electron chi connectivity index (χ1n) is 5.04. The Morgan fingerprint density at radius 3 is 3.06 bits per heavy atom. The van der Waals surface area contributed by atoms with Crippen LogP contribution in [0.15, 0.2) is 24.0 Å². The van der Waals surface area contributed by atoms with Crippen molar-refractivity contribution in [3.8, 4) is 0 Å². The minimum absolute atomic E-state index is 0.171.